The SMILES string of the molecule is CNCCCc1cc2c(C)cc(C)cc2n(C)c1=O. The van der Waals surface area contributed by atoms with Crippen LogP contribution >= 0.6 is 0 Å². The van der Waals surface area contributed by atoms with Gasteiger partial charge in [-0.25, -0.2) is 0 Å². The molecule has 0 unspecified atom stereocenters. The standard InChI is InChI=1S/C16H22N2O/c1-11-8-12(2)14-10-13(6-5-7-17-3)16(19)18(4)15(14)9-11/h8-10,17H,5-7H2,1-4H3. The van der Waals surface area contributed by atoms with Gasteiger partial charge < -0.3 is 9.88 Å². The third-order valence-electron chi connectivity index (χ3n) is 3.64. The zero-order valence-corrected chi connectivity index (χ0v) is 12.2. The Morgan fingerprint density at radius 2 is 1.95 bits per heavy atom. The van der Waals surface area contributed by atoms with Crippen LogP contribution in [-0.2, 0) is 13.5 Å². The van der Waals surface area contributed by atoms with E-state index in [1.165, 1.54) is 16.5 Å². The zero-order chi connectivity index (χ0) is 14.0. The van der Waals surface area contributed by atoms with Gasteiger partial charge in [0.2, 0.25) is 0 Å². The Labute approximate surface area is 114 Å². The molecule has 19 heavy (non-hydrogen) atoms. The van der Waals surface area contributed by atoms with Crippen molar-refractivity contribution < 1.29 is 0 Å². The van der Waals surface area contributed by atoms with Crippen LogP contribution in [0.2, 0.25) is 0 Å². The third-order valence-corrected chi connectivity index (χ3v) is 3.64. The molecule has 1 aromatic heterocycles. The summed E-state index contributed by atoms with van der Waals surface area (Å²) in [5, 5.41) is 4.31. The van der Waals surface area contributed by atoms with Crippen molar-refractivity contribution in [2.45, 2.75) is 26.7 Å². The van der Waals surface area contributed by atoms with E-state index in [1.54, 1.807) is 4.57 Å². The number of hydrogen-bond donors (Lipinski definition) is 1. The number of rotatable bonds is 4. The molecule has 0 aliphatic heterocycles. The second-order valence-electron chi connectivity index (χ2n) is 5.26. The summed E-state index contributed by atoms with van der Waals surface area (Å²) in [5.74, 6) is 0. The molecule has 0 saturated carbocycles. The van der Waals surface area contributed by atoms with Crippen LogP contribution in [0.25, 0.3) is 10.9 Å². The average molecular weight is 258 g/mol. The topological polar surface area (TPSA) is 34.0 Å². The molecular formula is C16H22N2O. The first-order valence-electron chi connectivity index (χ1n) is 6.79. The molecule has 0 radical (unpaired) electrons. The fraction of sp³-hybridized carbons (Fsp3) is 0.438. The van der Waals surface area contributed by atoms with Crippen molar-refractivity contribution in [3.05, 3.63) is 45.2 Å². The highest BCUT2D eigenvalue weighted by molar-refractivity contribution is 5.83. The molecular weight excluding hydrogens is 236 g/mol. The van der Waals surface area contributed by atoms with E-state index in [4.69, 9.17) is 0 Å². The normalized spacial score (nSPS) is 11.2. The largest absolute Gasteiger partial charge is 0.320 e. The van der Waals surface area contributed by atoms with E-state index in [0.29, 0.717) is 0 Å². The highest BCUT2D eigenvalue weighted by Gasteiger charge is 2.08. The second kappa shape index (κ2) is 5.57. The number of benzene rings is 1. The van der Waals surface area contributed by atoms with Crippen molar-refractivity contribution in [1.29, 1.82) is 0 Å². The van der Waals surface area contributed by atoms with Gasteiger partial charge in [0.25, 0.3) is 5.56 Å². The fourth-order valence-electron chi connectivity index (χ4n) is 2.62. The molecule has 0 saturated heterocycles. The van der Waals surface area contributed by atoms with Crippen molar-refractivity contribution in [2.75, 3.05) is 13.6 Å². The van der Waals surface area contributed by atoms with E-state index in [9.17, 15) is 4.79 Å². The Kier molecular flexibility index (Phi) is 4.05. The molecule has 2 rings (SSSR count). The molecule has 0 atom stereocenters. The van der Waals surface area contributed by atoms with E-state index in [-0.39, 0.29) is 5.56 Å². The Morgan fingerprint density at radius 1 is 1.21 bits per heavy atom. The zero-order valence-electron chi connectivity index (χ0n) is 12.2. The molecule has 0 spiro atoms. The first-order valence-corrected chi connectivity index (χ1v) is 6.79. The lowest BCUT2D eigenvalue weighted by Crippen LogP contribution is -2.22. The van der Waals surface area contributed by atoms with Crippen LogP contribution in [0.5, 0.6) is 0 Å². The van der Waals surface area contributed by atoms with E-state index in [2.05, 4.69) is 37.4 Å². The van der Waals surface area contributed by atoms with Gasteiger partial charge in [0, 0.05) is 18.0 Å². The minimum Gasteiger partial charge on any atom is -0.320 e. The van der Waals surface area contributed by atoms with Crippen LogP contribution in [-0.4, -0.2) is 18.2 Å². The highest BCUT2D eigenvalue weighted by Crippen LogP contribution is 2.20. The van der Waals surface area contributed by atoms with Crippen LogP contribution in [0.1, 0.15) is 23.1 Å². The number of nitrogens with one attached hydrogen (secondary N) is 1. The highest BCUT2D eigenvalue weighted by atomic mass is 16.1. The first kappa shape index (κ1) is 13.8. The lowest BCUT2D eigenvalue weighted by atomic mass is 10.0. The number of pyridine rings is 1. The lowest BCUT2D eigenvalue weighted by molar-refractivity contribution is 0.716. The van der Waals surface area contributed by atoms with Crippen molar-refractivity contribution in [1.82, 2.24) is 9.88 Å². The van der Waals surface area contributed by atoms with Gasteiger partial charge in [-0.1, -0.05) is 6.07 Å². The molecule has 1 aromatic carbocycles. The molecule has 1 heterocycles. The monoisotopic (exact) mass is 258 g/mol. The van der Waals surface area contributed by atoms with E-state index in [0.717, 1.165) is 30.5 Å². The molecule has 0 bridgehead atoms. The lowest BCUT2D eigenvalue weighted by Gasteiger charge is -2.12. The molecule has 0 aliphatic rings. The van der Waals surface area contributed by atoms with Gasteiger partial charge in [-0.2, -0.15) is 0 Å². The minimum atomic E-state index is 0.133. The summed E-state index contributed by atoms with van der Waals surface area (Å²) in [6.07, 6.45) is 1.82. The van der Waals surface area contributed by atoms with E-state index < -0.39 is 0 Å². The number of fused-ring (bicyclic) bond motifs is 1. The van der Waals surface area contributed by atoms with Gasteiger partial charge in [0.05, 0.1) is 5.52 Å². The predicted octanol–water partition coefficient (Wildman–Crippen LogP) is 2.31. The maximum absolute atomic E-state index is 12.3. The predicted molar refractivity (Wildman–Crippen MR) is 80.9 cm³/mol. The summed E-state index contributed by atoms with van der Waals surface area (Å²) in [5.41, 5.74) is 4.51. The van der Waals surface area contributed by atoms with Gasteiger partial charge >= 0.3 is 0 Å². The molecule has 3 nitrogen and oxygen atoms in total. The maximum Gasteiger partial charge on any atom is 0.253 e. The molecule has 0 fully saturated rings. The van der Waals surface area contributed by atoms with Crippen LogP contribution < -0.4 is 10.9 Å². The summed E-state index contributed by atoms with van der Waals surface area (Å²) in [6, 6.07) is 6.33. The van der Waals surface area contributed by atoms with Gasteiger partial charge in [-0.15, -0.1) is 0 Å². The molecule has 3 heteroatoms. The number of hydrogen-bond acceptors (Lipinski definition) is 2. The van der Waals surface area contributed by atoms with Gasteiger partial charge in [-0.05, 0) is 63.5 Å². The van der Waals surface area contributed by atoms with Crippen molar-refractivity contribution in [3.8, 4) is 0 Å². The summed E-state index contributed by atoms with van der Waals surface area (Å²) in [4.78, 5) is 12.3. The number of aryl methyl sites for hydroxylation is 4. The Balaban J connectivity index is 2.56. The molecule has 102 valence electrons. The van der Waals surface area contributed by atoms with E-state index >= 15 is 0 Å². The smallest absolute Gasteiger partial charge is 0.253 e. The average Bonchev–Trinajstić information content (AvgIpc) is 2.36. The summed E-state index contributed by atoms with van der Waals surface area (Å²) in [7, 11) is 3.80. The van der Waals surface area contributed by atoms with Gasteiger partial charge in [0.15, 0.2) is 0 Å². The quantitative estimate of drug-likeness (QED) is 0.854. The number of aromatic nitrogens is 1. The van der Waals surface area contributed by atoms with Crippen LogP contribution in [0, 0.1) is 13.8 Å². The second-order valence-corrected chi connectivity index (χ2v) is 5.26. The summed E-state index contributed by atoms with van der Waals surface area (Å²) >= 11 is 0. The molecule has 0 amide bonds. The van der Waals surface area contributed by atoms with Crippen molar-refractivity contribution in [2.24, 2.45) is 7.05 Å². The molecule has 1 N–H and O–H groups in total. The van der Waals surface area contributed by atoms with Gasteiger partial charge in [0.1, 0.15) is 0 Å². The van der Waals surface area contributed by atoms with Crippen LogP contribution in [0.3, 0.4) is 0 Å². The molecule has 2 aromatic rings. The minimum absolute atomic E-state index is 0.133. The first-order chi connectivity index (χ1) is 9.04. The van der Waals surface area contributed by atoms with Crippen LogP contribution in [0.15, 0.2) is 23.0 Å². The third kappa shape index (κ3) is 2.71. The Morgan fingerprint density at radius 3 is 2.63 bits per heavy atom. The summed E-state index contributed by atoms with van der Waals surface area (Å²) < 4.78 is 1.78. The Bertz CT molecular complexity index is 656. The van der Waals surface area contributed by atoms with E-state index in [1.807, 2.05) is 14.1 Å². The maximum atomic E-state index is 12.3. The van der Waals surface area contributed by atoms with Crippen LogP contribution in [0.4, 0.5) is 0 Å². The van der Waals surface area contributed by atoms with Crippen molar-refractivity contribution >= 4 is 10.9 Å². The number of nitrogens with zero attached hydrogens (tertiary/aromatic N) is 1. The summed E-state index contributed by atoms with van der Waals surface area (Å²) in [6.45, 7) is 5.11. The molecule has 0 aliphatic carbocycles. The fourth-order valence-corrected chi connectivity index (χ4v) is 2.62. The Hall–Kier alpha value is -1.61. The van der Waals surface area contributed by atoms with Crippen molar-refractivity contribution in [3.63, 3.8) is 0 Å². The van der Waals surface area contributed by atoms with Gasteiger partial charge in [-0.3, -0.25) is 4.79 Å².